The Morgan fingerprint density at radius 2 is 1.72 bits per heavy atom. The quantitative estimate of drug-likeness (QED) is 0.289. The van der Waals surface area contributed by atoms with Crippen molar-refractivity contribution >= 4 is 17.6 Å². The van der Waals surface area contributed by atoms with Gasteiger partial charge in [0.1, 0.15) is 11.9 Å². The van der Waals surface area contributed by atoms with Crippen LogP contribution >= 0.6 is 0 Å². The molecule has 3 aromatic carbocycles. The second-order valence-corrected chi connectivity index (χ2v) is 12.3. The highest BCUT2D eigenvalue weighted by Crippen LogP contribution is 2.45. The van der Waals surface area contributed by atoms with Crippen molar-refractivity contribution in [3.8, 4) is 11.1 Å². The summed E-state index contributed by atoms with van der Waals surface area (Å²) in [7, 11) is 0. The van der Waals surface area contributed by atoms with E-state index < -0.39 is 41.8 Å². The molecule has 5 rings (SSSR count). The van der Waals surface area contributed by atoms with Gasteiger partial charge in [-0.05, 0) is 103 Å². The highest BCUT2D eigenvalue weighted by atomic mass is 19.4. The van der Waals surface area contributed by atoms with Crippen LogP contribution in [0.3, 0.4) is 0 Å². The molecule has 0 aromatic heterocycles. The number of cyclic esters (lactones) is 1. The lowest BCUT2D eigenvalue weighted by atomic mass is 9.72. The number of alkyl halides is 3. The van der Waals surface area contributed by atoms with Gasteiger partial charge in [0.05, 0.1) is 17.2 Å². The number of aromatic carboxylic acids is 1. The van der Waals surface area contributed by atoms with E-state index in [0.29, 0.717) is 24.0 Å². The summed E-state index contributed by atoms with van der Waals surface area (Å²) in [5.74, 6) is -1.45. The minimum Gasteiger partial charge on any atom is -0.478 e. The zero-order chi connectivity index (χ0) is 31.3. The van der Waals surface area contributed by atoms with Crippen molar-refractivity contribution in [2.45, 2.75) is 65.3 Å². The number of halogens is 4. The average molecular weight is 596 g/mol. The molecule has 1 heterocycles. The number of ether oxygens (including phenoxy) is 1. The van der Waals surface area contributed by atoms with Gasteiger partial charge in [-0.1, -0.05) is 43.7 Å². The number of amides is 1. The van der Waals surface area contributed by atoms with Crippen LogP contribution in [0.1, 0.15) is 78.7 Å². The maximum atomic E-state index is 15.4. The number of carbonyl (C=O) groups excluding carboxylic acids is 1. The van der Waals surface area contributed by atoms with Crippen LogP contribution in [0.15, 0.2) is 66.2 Å². The fourth-order valence-corrected chi connectivity index (χ4v) is 6.14. The molecule has 0 radical (unpaired) electrons. The molecule has 0 unspecified atom stereocenters. The zero-order valence-corrected chi connectivity index (χ0v) is 24.4. The lowest BCUT2D eigenvalue weighted by Crippen LogP contribution is -2.35. The van der Waals surface area contributed by atoms with Crippen molar-refractivity contribution in [1.29, 1.82) is 0 Å². The van der Waals surface area contributed by atoms with Gasteiger partial charge in [-0.3, -0.25) is 4.90 Å². The number of carbonyl (C=O) groups is 2. The molecule has 0 bridgehead atoms. The third kappa shape index (κ3) is 6.31. The molecule has 0 spiro atoms. The molecule has 3 aromatic rings. The van der Waals surface area contributed by atoms with Gasteiger partial charge in [-0.25, -0.2) is 14.0 Å². The van der Waals surface area contributed by atoms with Gasteiger partial charge in [0.25, 0.3) is 0 Å². The van der Waals surface area contributed by atoms with E-state index in [9.17, 15) is 27.9 Å². The first kappa shape index (κ1) is 30.3. The summed E-state index contributed by atoms with van der Waals surface area (Å²) >= 11 is 0. The molecule has 1 aliphatic carbocycles. The van der Waals surface area contributed by atoms with Gasteiger partial charge in [0.2, 0.25) is 0 Å². The lowest BCUT2D eigenvalue weighted by molar-refractivity contribution is -0.137. The van der Waals surface area contributed by atoms with E-state index in [1.165, 1.54) is 23.1 Å². The Morgan fingerprint density at radius 3 is 2.37 bits per heavy atom. The Bertz CT molecular complexity index is 1610. The van der Waals surface area contributed by atoms with E-state index in [2.05, 4.69) is 13.8 Å². The molecule has 2 atom stereocenters. The normalized spacial score (nSPS) is 20.4. The molecule has 1 amide bonds. The highest BCUT2D eigenvalue weighted by molar-refractivity contribution is 5.88. The SMILES string of the molecule is Cc1cc([C@H]2OC(=O)N(CC3=C(c4cc(-c5ccc(C(=O)O)cc5)ccc4F)CCC(C)(C)C3)[C@H]2C)cc(C(F)(F)F)c1. The van der Waals surface area contributed by atoms with E-state index in [4.69, 9.17) is 4.74 Å². The first-order chi connectivity index (χ1) is 20.1. The third-order valence-corrected chi connectivity index (χ3v) is 8.44. The number of carboxylic acid groups (broad SMARTS) is 1. The van der Waals surface area contributed by atoms with Gasteiger partial charge in [-0.15, -0.1) is 0 Å². The molecule has 0 saturated carbocycles. The Morgan fingerprint density at radius 1 is 1.05 bits per heavy atom. The van der Waals surface area contributed by atoms with E-state index in [1.807, 2.05) is 0 Å². The van der Waals surface area contributed by atoms with Gasteiger partial charge >= 0.3 is 18.2 Å². The molecule has 226 valence electrons. The van der Waals surface area contributed by atoms with Crippen molar-refractivity contribution in [2.75, 3.05) is 6.54 Å². The number of rotatable bonds is 6. The summed E-state index contributed by atoms with van der Waals surface area (Å²) in [4.78, 5) is 25.9. The van der Waals surface area contributed by atoms with Gasteiger partial charge in [0, 0.05) is 12.1 Å². The van der Waals surface area contributed by atoms with Crippen molar-refractivity contribution in [2.24, 2.45) is 5.41 Å². The van der Waals surface area contributed by atoms with Crippen LogP contribution in [0.4, 0.5) is 22.4 Å². The monoisotopic (exact) mass is 595 g/mol. The molecule has 5 nitrogen and oxygen atoms in total. The Labute approximate surface area is 247 Å². The van der Waals surface area contributed by atoms with E-state index in [1.54, 1.807) is 44.2 Å². The first-order valence-electron chi connectivity index (χ1n) is 14.1. The fraction of sp³-hybridized carbons (Fsp3) is 0.353. The second-order valence-electron chi connectivity index (χ2n) is 12.3. The van der Waals surface area contributed by atoms with Gasteiger partial charge in [-0.2, -0.15) is 13.2 Å². The van der Waals surface area contributed by atoms with Crippen LogP contribution in [-0.4, -0.2) is 34.7 Å². The summed E-state index contributed by atoms with van der Waals surface area (Å²) in [5, 5.41) is 9.22. The maximum Gasteiger partial charge on any atom is 0.416 e. The minimum atomic E-state index is -4.53. The topological polar surface area (TPSA) is 66.8 Å². The molecule has 1 fully saturated rings. The Balaban J connectivity index is 1.50. The minimum absolute atomic E-state index is 0.107. The van der Waals surface area contributed by atoms with Crippen LogP contribution in [0.25, 0.3) is 16.7 Å². The second kappa shape index (κ2) is 11.2. The summed E-state index contributed by atoms with van der Waals surface area (Å²) in [5.41, 5.74) is 3.48. The Kier molecular flexibility index (Phi) is 7.88. The van der Waals surface area contributed by atoms with Crippen molar-refractivity contribution in [1.82, 2.24) is 4.90 Å². The number of allylic oxidation sites excluding steroid dienone is 1. The summed E-state index contributed by atoms with van der Waals surface area (Å²) in [6, 6.07) is 14.3. The molecule has 9 heteroatoms. The first-order valence-corrected chi connectivity index (χ1v) is 14.1. The van der Waals surface area contributed by atoms with Gasteiger partial charge < -0.3 is 9.84 Å². The van der Waals surface area contributed by atoms with E-state index in [0.717, 1.165) is 40.8 Å². The highest BCUT2D eigenvalue weighted by Gasteiger charge is 2.42. The number of benzene rings is 3. The van der Waals surface area contributed by atoms with Gasteiger partial charge in [0.15, 0.2) is 0 Å². The van der Waals surface area contributed by atoms with Crippen molar-refractivity contribution in [3.05, 3.63) is 99.9 Å². The number of hydrogen-bond donors (Lipinski definition) is 1. The number of hydrogen-bond acceptors (Lipinski definition) is 3. The van der Waals surface area contributed by atoms with E-state index in [-0.39, 0.29) is 23.1 Å². The Hall–Kier alpha value is -4.14. The molecule has 43 heavy (non-hydrogen) atoms. The van der Waals surface area contributed by atoms with Crippen LogP contribution in [0, 0.1) is 18.2 Å². The van der Waals surface area contributed by atoms with Crippen LogP contribution in [0.5, 0.6) is 0 Å². The third-order valence-electron chi connectivity index (χ3n) is 8.44. The average Bonchev–Trinajstić information content (AvgIpc) is 3.21. The van der Waals surface area contributed by atoms with Crippen LogP contribution < -0.4 is 0 Å². The number of aryl methyl sites for hydroxylation is 1. The largest absolute Gasteiger partial charge is 0.478 e. The zero-order valence-electron chi connectivity index (χ0n) is 24.4. The van der Waals surface area contributed by atoms with Crippen molar-refractivity contribution in [3.63, 3.8) is 0 Å². The maximum absolute atomic E-state index is 15.4. The smallest absolute Gasteiger partial charge is 0.416 e. The molecule has 1 N–H and O–H groups in total. The standard InChI is InChI=1S/C34H33F4NO4/c1-19-13-24(15-26(14-19)34(36,37)38)30-20(2)39(32(42)43-30)18-25-17-33(3,4)12-11-27(25)28-16-23(9-10-29(28)35)21-5-7-22(8-6-21)31(40)41/h5-10,13-16,20,30H,11-12,17-18H2,1-4H3,(H,40,41)/t20-,30-/m0/s1. The van der Waals surface area contributed by atoms with E-state index >= 15 is 4.39 Å². The van der Waals surface area contributed by atoms with Crippen LogP contribution in [-0.2, 0) is 10.9 Å². The number of nitrogens with zero attached hydrogens (tertiary/aromatic N) is 1. The predicted octanol–water partition coefficient (Wildman–Crippen LogP) is 9.06. The van der Waals surface area contributed by atoms with Crippen LogP contribution in [0.2, 0.25) is 0 Å². The predicted molar refractivity (Wildman–Crippen MR) is 155 cm³/mol. The molecule has 1 aliphatic heterocycles. The summed E-state index contributed by atoms with van der Waals surface area (Å²) < 4.78 is 61.6. The lowest BCUT2D eigenvalue weighted by Gasteiger charge is -2.35. The van der Waals surface area contributed by atoms with Crippen molar-refractivity contribution < 1.29 is 37.0 Å². The molecular weight excluding hydrogens is 562 g/mol. The molecular formula is C34H33F4NO4. The molecule has 2 aliphatic rings. The number of carboxylic acids is 1. The summed E-state index contributed by atoms with van der Waals surface area (Å²) in [6.45, 7) is 7.70. The fourth-order valence-electron chi connectivity index (χ4n) is 6.14. The summed E-state index contributed by atoms with van der Waals surface area (Å²) in [6.07, 6.45) is -4.07. The molecule has 1 saturated heterocycles.